The minimum absolute atomic E-state index is 0.125. The van der Waals surface area contributed by atoms with Crippen LogP contribution in [0.25, 0.3) is 5.69 Å². The Morgan fingerprint density at radius 1 is 1.18 bits per heavy atom. The molecule has 0 fully saturated rings. The topological polar surface area (TPSA) is 59.4 Å². The number of hydrogen-bond donors (Lipinski definition) is 1. The van der Waals surface area contributed by atoms with Crippen LogP contribution in [-0.2, 0) is 6.54 Å². The molecule has 2 aromatic carbocycles. The van der Waals surface area contributed by atoms with E-state index in [0.29, 0.717) is 13.2 Å². The zero-order valence-electron chi connectivity index (χ0n) is 16.3. The number of rotatable bonds is 4. The van der Waals surface area contributed by atoms with Crippen LogP contribution in [0.2, 0.25) is 0 Å². The highest BCUT2D eigenvalue weighted by molar-refractivity contribution is 5.75. The van der Waals surface area contributed by atoms with Gasteiger partial charge in [-0.2, -0.15) is 5.10 Å². The molecule has 2 heterocycles. The molecule has 2 amide bonds. The van der Waals surface area contributed by atoms with Crippen LogP contribution in [0.15, 0.2) is 54.6 Å². The van der Waals surface area contributed by atoms with E-state index in [1.54, 1.807) is 11.9 Å². The van der Waals surface area contributed by atoms with Crippen LogP contribution < -0.4 is 10.1 Å². The maximum Gasteiger partial charge on any atom is 0.318 e. The first-order valence-electron chi connectivity index (χ1n) is 9.38. The molecule has 144 valence electrons. The lowest BCUT2D eigenvalue weighted by atomic mass is 10.1. The third-order valence-electron chi connectivity index (χ3n) is 5.18. The van der Waals surface area contributed by atoms with Crippen molar-refractivity contribution in [2.24, 2.45) is 0 Å². The number of nitrogens with one attached hydrogen (secondary N) is 1. The highest BCUT2D eigenvalue weighted by Crippen LogP contribution is 2.31. The number of urea groups is 1. The van der Waals surface area contributed by atoms with Crippen molar-refractivity contribution in [3.8, 4) is 11.4 Å². The number of benzene rings is 2. The van der Waals surface area contributed by atoms with Crippen LogP contribution in [0, 0.1) is 13.8 Å². The smallest absolute Gasteiger partial charge is 0.318 e. The lowest BCUT2D eigenvalue weighted by Gasteiger charge is -2.21. The second-order valence-electron chi connectivity index (χ2n) is 7.10. The van der Waals surface area contributed by atoms with Crippen molar-refractivity contribution in [2.75, 3.05) is 13.7 Å². The summed E-state index contributed by atoms with van der Waals surface area (Å²) >= 11 is 0. The molecule has 6 heteroatoms. The molecule has 0 radical (unpaired) electrons. The summed E-state index contributed by atoms with van der Waals surface area (Å²) in [6.07, 6.45) is 0. The number of ether oxygens (including phenoxy) is 1. The average molecular weight is 376 g/mol. The maximum atomic E-state index is 12.7. The highest BCUT2D eigenvalue weighted by atomic mass is 16.5. The van der Waals surface area contributed by atoms with E-state index in [4.69, 9.17) is 4.74 Å². The van der Waals surface area contributed by atoms with Crippen molar-refractivity contribution in [3.63, 3.8) is 0 Å². The molecule has 1 aromatic heterocycles. The number of aryl methyl sites for hydroxylation is 1. The Balaban J connectivity index is 1.47. The molecule has 6 nitrogen and oxygen atoms in total. The van der Waals surface area contributed by atoms with Gasteiger partial charge in [-0.3, -0.25) is 0 Å². The molecule has 1 aliphatic rings. The van der Waals surface area contributed by atoms with E-state index in [1.807, 2.05) is 73.1 Å². The van der Waals surface area contributed by atoms with Crippen LogP contribution in [0.5, 0.6) is 5.75 Å². The van der Waals surface area contributed by atoms with Gasteiger partial charge in [0.15, 0.2) is 0 Å². The van der Waals surface area contributed by atoms with E-state index in [9.17, 15) is 4.79 Å². The predicted molar refractivity (Wildman–Crippen MR) is 108 cm³/mol. The van der Waals surface area contributed by atoms with Crippen LogP contribution >= 0.6 is 0 Å². The van der Waals surface area contributed by atoms with Crippen molar-refractivity contribution in [1.82, 2.24) is 20.0 Å². The van der Waals surface area contributed by atoms with Crippen molar-refractivity contribution in [2.45, 2.75) is 26.4 Å². The number of amides is 2. The second kappa shape index (κ2) is 7.38. The van der Waals surface area contributed by atoms with Gasteiger partial charge in [0.05, 0.1) is 24.0 Å². The van der Waals surface area contributed by atoms with Gasteiger partial charge < -0.3 is 15.0 Å². The Labute approximate surface area is 164 Å². The van der Waals surface area contributed by atoms with Crippen molar-refractivity contribution in [3.05, 3.63) is 77.1 Å². The third-order valence-corrected chi connectivity index (χ3v) is 5.18. The SMILES string of the molecule is Cc1nn(-c2ccccc2)c(C)c1CN(C)C(=O)NC1COc2ccccc21. The number of para-hydroxylation sites is 2. The monoisotopic (exact) mass is 376 g/mol. The van der Waals surface area contributed by atoms with E-state index >= 15 is 0 Å². The molecule has 0 aliphatic carbocycles. The summed E-state index contributed by atoms with van der Waals surface area (Å²) in [5.74, 6) is 0.839. The van der Waals surface area contributed by atoms with E-state index < -0.39 is 0 Å². The molecule has 4 rings (SSSR count). The average Bonchev–Trinajstić information content (AvgIpc) is 3.24. The molecule has 1 atom stereocenters. The van der Waals surface area contributed by atoms with E-state index in [2.05, 4.69) is 10.4 Å². The van der Waals surface area contributed by atoms with Gasteiger partial charge in [-0.15, -0.1) is 0 Å². The van der Waals surface area contributed by atoms with Crippen LogP contribution in [-0.4, -0.2) is 34.4 Å². The Morgan fingerprint density at radius 3 is 2.68 bits per heavy atom. The Morgan fingerprint density at radius 2 is 1.89 bits per heavy atom. The molecule has 1 aliphatic heterocycles. The molecule has 1 N–H and O–H groups in total. The van der Waals surface area contributed by atoms with E-state index in [1.165, 1.54) is 0 Å². The third kappa shape index (κ3) is 3.33. The molecular weight excluding hydrogens is 352 g/mol. The van der Waals surface area contributed by atoms with Gasteiger partial charge in [0, 0.05) is 23.9 Å². The summed E-state index contributed by atoms with van der Waals surface area (Å²) in [6, 6.07) is 17.6. The van der Waals surface area contributed by atoms with Gasteiger partial charge in [0.25, 0.3) is 0 Å². The van der Waals surface area contributed by atoms with Gasteiger partial charge >= 0.3 is 6.03 Å². The summed E-state index contributed by atoms with van der Waals surface area (Å²) in [6.45, 7) is 4.97. The molecular formula is C22H24N4O2. The fraction of sp³-hybridized carbons (Fsp3) is 0.273. The second-order valence-corrected chi connectivity index (χ2v) is 7.10. The van der Waals surface area contributed by atoms with Crippen molar-refractivity contribution >= 4 is 6.03 Å². The summed E-state index contributed by atoms with van der Waals surface area (Å²) < 4.78 is 7.58. The van der Waals surface area contributed by atoms with Crippen molar-refractivity contribution < 1.29 is 9.53 Å². The van der Waals surface area contributed by atoms with Gasteiger partial charge in [0.1, 0.15) is 12.4 Å². The number of aromatic nitrogens is 2. The fourth-order valence-electron chi connectivity index (χ4n) is 3.57. The van der Waals surface area contributed by atoms with Crippen molar-refractivity contribution in [1.29, 1.82) is 0 Å². The number of fused-ring (bicyclic) bond motifs is 1. The molecule has 28 heavy (non-hydrogen) atoms. The van der Waals surface area contributed by atoms with Gasteiger partial charge in [0.2, 0.25) is 0 Å². The molecule has 0 bridgehead atoms. The molecule has 0 spiro atoms. The number of hydrogen-bond acceptors (Lipinski definition) is 3. The first-order chi connectivity index (χ1) is 13.5. The largest absolute Gasteiger partial charge is 0.491 e. The Hall–Kier alpha value is -3.28. The van der Waals surface area contributed by atoms with Crippen LogP contribution in [0.4, 0.5) is 4.79 Å². The maximum absolute atomic E-state index is 12.7. The first kappa shape index (κ1) is 18.1. The van der Waals surface area contributed by atoms with Gasteiger partial charge in [-0.25, -0.2) is 9.48 Å². The normalized spacial score (nSPS) is 15.0. The Kier molecular flexibility index (Phi) is 4.77. The number of carbonyl (C=O) groups excluding carboxylic acids is 1. The summed E-state index contributed by atoms with van der Waals surface area (Å²) in [5.41, 5.74) is 5.06. The van der Waals surface area contributed by atoms with Crippen LogP contribution in [0.3, 0.4) is 0 Å². The van der Waals surface area contributed by atoms with Gasteiger partial charge in [-0.05, 0) is 32.0 Å². The quantitative estimate of drug-likeness (QED) is 0.754. The molecule has 3 aromatic rings. The molecule has 1 unspecified atom stereocenters. The summed E-state index contributed by atoms with van der Waals surface area (Å²) in [5, 5.41) is 7.73. The molecule has 0 saturated heterocycles. The van der Waals surface area contributed by atoms with E-state index in [-0.39, 0.29) is 12.1 Å². The van der Waals surface area contributed by atoms with E-state index in [0.717, 1.165) is 34.0 Å². The first-order valence-corrected chi connectivity index (χ1v) is 9.38. The minimum atomic E-state index is -0.128. The van der Waals surface area contributed by atoms with Crippen LogP contribution in [0.1, 0.15) is 28.6 Å². The number of nitrogens with zero attached hydrogens (tertiary/aromatic N) is 3. The lowest BCUT2D eigenvalue weighted by Crippen LogP contribution is -2.39. The minimum Gasteiger partial charge on any atom is -0.491 e. The zero-order valence-corrected chi connectivity index (χ0v) is 16.3. The van der Waals surface area contributed by atoms with Gasteiger partial charge in [-0.1, -0.05) is 36.4 Å². The number of carbonyl (C=O) groups is 1. The Bertz CT molecular complexity index is 997. The lowest BCUT2D eigenvalue weighted by molar-refractivity contribution is 0.198. The fourth-order valence-corrected chi connectivity index (χ4v) is 3.57. The predicted octanol–water partition coefficient (Wildman–Crippen LogP) is 3.76. The highest BCUT2D eigenvalue weighted by Gasteiger charge is 2.26. The standard InChI is InChI=1S/C22H24N4O2/c1-15-19(16(2)26(24-15)17-9-5-4-6-10-17)13-25(3)22(27)23-20-14-28-21-12-8-7-11-18(20)21/h4-12,20H,13-14H2,1-3H3,(H,23,27). The summed E-state index contributed by atoms with van der Waals surface area (Å²) in [7, 11) is 1.80. The molecule has 0 saturated carbocycles. The zero-order chi connectivity index (χ0) is 19.7. The summed E-state index contributed by atoms with van der Waals surface area (Å²) in [4.78, 5) is 14.4.